The largest absolute Gasteiger partial charge is 0.396 e. The lowest BCUT2D eigenvalue weighted by Crippen LogP contribution is -2.07. The van der Waals surface area contributed by atoms with Gasteiger partial charge in [0, 0.05) is 19.7 Å². The number of nitrogens with one attached hydrogen (secondary N) is 2. The molecule has 0 aromatic carbocycles. The average Bonchev–Trinajstić information content (AvgIpc) is 2.38. The average molecular weight is 317 g/mol. The zero-order valence-corrected chi connectivity index (χ0v) is 12.3. The molecule has 3 N–H and O–H groups in total. The van der Waals surface area contributed by atoms with Crippen LogP contribution in [0.15, 0.2) is 10.8 Å². The van der Waals surface area contributed by atoms with Crippen LogP contribution in [-0.4, -0.2) is 34.8 Å². The Labute approximate surface area is 117 Å². The Morgan fingerprint density at radius 1 is 1.11 bits per heavy atom. The zero-order chi connectivity index (χ0) is 13.2. The molecule has 1 rings (SSSR count). The van der Waals surface area contributed by atoms with Gasteiger partial charge < -0.3 is 15.7 Å². The second-order valence-corrected chi connectivity index (χ2v) is 4.77. The van der Waals surface area contributed by atoms with Gasteiger partial charge >= 0.3 is 0 Å². The fourth-order valence-electron chi connectivity index (χ4n) is 1.58. The number of nitrogens with zero attached hydrogens (tertiary/aromatic N) is 2. The van der Waals surface area contributed by atoms with E-state index in [-0.39, 0.29) is 6.61 Å². The summed E-state index contributed by atoms with van der Waals surface area (Å²) in [5.41, 5.74) is 0. The van der Waals surface area contributed by atoms with Crippen LogP contribution in [0.4, 0.5) is 11.6 Å². The summed E-state index contributed by atoms with van der Waals surface area (Å²) in [5.74, 6) is 1.64. The van der Waals surface area contributed by atoms with Gasteiger partial charge in [0.05, 0.1) is 0 Å². The third kappa shape index (κ3) is 5.18. The van der Waals surface area contributed by atoms with Crippen molar-refractivity contribution in [3.05, 3.63) is 10.8 Å². The number of aromatic nitrogens is 2. The van der Waals surface area contributed by atoms with Crippen LogP contribution in [0.2, 0.25) is 0 Å². The molecule has 0 bridgehead atoms. The molecular weight excluding hydrogens is 296 g/mol. The first-order valence-electron chi connectivity index (χ1n) is 6.38. The van der Waals surface area contributed by atoms with Crippen LogP contribution in [0.25, 0.3) is 0 Å². The van der Waals surface area contributed by atoms with Crippen molar-refractivity contribution in [2.45, 2.75) is 32.6 Å². The summed E-state index contributed by atoms with van der Waals surface area (Å²) >= 11 is 3.49. The van der Waals surface area contributed by atoms with Crippen LogP contribution < -0.4 is 10.6 Å². The van der Waals surface area contributed by atoms with Crippen molar-refractivity contribution in [1.82, 2.24) is 9.97 Å². The number of aliphatic hydroxyl groups excluding tert-OH is 1. The second-order valence-electron chi connectivity index (χ2n) is 3.98. The molecule has 0 saturated heterocycles. The Bertz CT molecular complexity index is 349. The van der Waals surface area contributed by atoms with E-state index in [4.69, 9.17) is 5.11 Å². The minimum absolute atomic E-state index is 0.289. The van der Waals surface area contributed by atoms with Crippen molar-refractivity contribution < 1.29 is 5.11 Å². The van der Waals surface area contributed by atoms with Gasteiger partial charge in [-0.05, 0) is 35.7 Å². The van der Waals surface area contributed by atoms with E-state index in [1.807, 2.05) is 6.92 Å². The van der Waals surface area contributed by atoms with Gasteiger partial charge in [0.25, 0.3) is 0 Å². The van der Waals surface area contributed by atoms with E-state index >= 15 is 0 Å². The van der Waals surface area contributed by atoms with Crippen molar-refractivity contribution in [1.29, 1.82) is 0 Å². The molecule has 0 spiro atoms. The second kappa shape index (κ2) is 9.10. The molecule has 0 aliphatic rings. The molecule has 5 nitrogen and oxygen atoms in total. The number of aliphatic hydroxyl groups is 1. The van der Waals surface area contributed by atoms with Gasteiger partial charge in [0.15, 0.2) is 0 Å². The predicted octanol–water partition coefficient (Wildman–Crippen LogP) is 2.64. The maximum Gasteiger partial charge on any atom is 0.145 e. The minimum Gasteiger partial charge on any atom is -0.396 e. The Morgan fingerprint density at radius 3 is 2.44 bits per heavy atom. The van der Waals surface area contributed by atoms with E-state index in [1.165, 1.54) is 0 Å². The van der Waals surface area contributed by atoms with Crippen LogP contribution in [0, 0.1) is 0 Å². The molecule has 0 saturated carbocycles. The first kappa shape index (κ1) is 15.2. The zero-order valence-electron chi connectivity index (χ0n) is 10.7. The molecule has 0 amide bonds. The molecule has 0 aliphatic carbocycles. The van der Waals surface area contributed by atoms with E-state index in [2.05, 4.69) is 36.5 Å². The summed E-state index contributed by atoms with van der Waals surface area (Å²) in [6.07, 6.45) is 5.72. The van der Waals surface area contributed by atoms with Gasteiger partial charge in [-0.2, -0.15) is 0 Å². The van der Waals surface area contributed by atoms with Crippen LogP contribution in [0.1, 0.15) is 32.6 Å². The summed E-state index contributed by atoms with van der Waals surface area (Å²) in [4.78, 5) is 8.37. The van der Waals surface area contributed by atoms with Gasteiger partial charge in [0.1, 0.15) is 22.4 Å². The fourth-order valence-corrected chi connectivity index (χ4v) is 2.07. The van der Waals surface area contributed by atoms with E-state index in [0.29, 0.717) is 0 Å². The number of hydrogen-bond donors (Lipinski definition) is 3. The Morgan fingerprint density at radius 2 is 1.78 bits per heavy atom. The van der Waals surface area contributed by atoms with Gasteiger partial charge in [-0.25, -0.2) is 9.97 Å². The lowest BCUT2D eigenvalue weighted by atomic mass is 10.2. The van der Waals surface area contributed by atoms with E-state index in [0.717, 1.165) is 54.9 Å². The molecule has 0 atom stereocenters. The highest BCUT2D eigenvalue weighted by Crippen LogP contribution is 2.26. The van der Waals surface area contributed by atoms with Crippen molar-refractivity contribution in [2.24, 2.45) is 0 Å². The Balaban J connectivity index is 2.35. The molecule has 0 unspecified atom stereocenters. The lowest BCUT2D eigenvalue weighted by Gasteiger charge is -2.10. The number of hydrogen-bond acceptors (Lipinski definition) is 5. The maximum atomic E-state index is 8.67. The smallest absolute Gasteiger partial charge is 0.145 e. The summed E-state index contributed by atoms with van der Waals surface area (Å²) in [6, 6.07) is 0. The van der Waals surface area contributed by atoms with Crippen molar-refractivity contribution in [3.63, 3.8) is 0 Å². The summed E-state index contributed by atoms with van der Waals surface area (Å²) in [5, 5.41) is 15.1. The van der Waals surface area contributed by atoms with Gasteiger partial charge in [-0.1, -0.05) is 12.8 Å². The Hall–Kier alpha value is -0.880. The molecular formula is C12H21BrN4O. The molecule has 6 heteroatoms. The third-order valence-corrected chi connectivity index (χ3v) is 3.26. The normalized spacial score (nSPS) is 10.4. The number of anilines is 2. The number of rotatable bonds is 9. The first-order chi connectivity index (χ1) is 8.79. The molecule has 102 valence electrons. The Kier molecular flexibility index (Phi) is 7.68. The van der Waals surface area contributed by atoms with Crippen molar-refractivity contribution >= 4 is 27.6 Å². The molecule has 18 heavy (non-hydrogen) atoms. The molecule has 1 aromatic rings. The summed E-state index contributed by atoms with van der Waals surface area (Å²) in [7, 11) is 0. The summed E-state index contributed by atoms with van der Waals surface area (Å²) in [6.45, 7) is 4.03. The van der Waals surface area contributed by atoms with E-state index in [9.17, 15) is 0 Å². The molecule has 0 fully saturated rings. The highest BCUT2D eigenvalue weighted by Gasteiger charge is 2.06. The van der Waals surface area contributed by atoms with Crippen LogP contribution >= 0.6 is 15.9 Å². The molecule has 0 radical (unpaired) electrons. The molecule has 1 aromatic heterocycles. The van der Waals surface area contributed by atoms with E-state index in [1.54, 1.807) is 6.33 Å². The van der Waals surface area contributed by atoms with Crippen LogP contribution in [-0.2, 0) is 0 Å². The van der Waals surface area contributed by atoms with Crippen molar-refractivity contribution in [2.75, 3.05) is 30.3 Å². The fraction of sp³-hybridized carbons (Fsp3) is 0.667. The molecule has 1 heterocycles. The third-order valence-electron chi connectivity index (χ3n) is 2.51. The highest BCUT2D eigenvalue weighted by molar-refractivity contribution is 9.10. The molecule has 0 aliphatic heterocycles. The summed E-state index contributed by atoms with van der Waals surface area (Å²) < 4.78 is 0.877. The van der Waals surface area contributed by atoms with Crippen LogP contribution in [0.3, 0.4) is 0 Å². The topological polar surface area (TPSA) is 70.1 Å². The monoisotopic (exact) mass is 316 g/mol. The quantitative estimate of drug-likeness (QED) is 0.611. The van der Waals surface area contributed by atoms with Crippen molar-refractivity contribution in [3.8, 4) is 0 Å². The SMILES string of the molecule is CCNc1ncnc(NCCCCCCO)c1Br. The van der Waals surface area contributed by atoms with E-state index < -0.39 is 0 Å². The first-order valence-corrected chi connectivity index (χ1v) is 7.18. The van der Waals surface area contributed by atoms with Gasteiger partial charge in [0.2, 0.25) is 0 Å². The van der Waals surface area contributed by atoms with Gasteiger partial charge in [-0.3, -0.25) is 0 Å². The van der Waals surface area contributed by atoms with Crippen LogP contribution in [0.5, 0.6) is 0 Å². The van der Waals surface area contributed by atoms with Gasteiger partial charge in [-0.15, -0.1) is 0 Å². The minimum atomic E-state index is 0.289. The maximum absolute atomic E-state index is 8.67. The predicted molar refractivity (Wildman–Crippen MR) is 77.9 cm³/mol. The number of unbranched alkanes of at least 4 members (excludes halogenated alkanes) is 3. The standard InChI is InChI=1S/C12H21BrN4O/c1-2-14-11-10(13)12(17-9-16-11)15-7-5-3-4-6-8-18/h9,18H,2-8H2,1H3,(H2,14,15,16,17). The highest BCUT2D eigenvalue weighted by atomic mass is 79.9. The lowest BCUT2D eigenvalue weighted by molar-refractivity contribution is 0.283. The number of halogens is 1.